The first kappa shape index (κ1) is 12.6. The van der Waals surface area contributed by atoms with Crippen molar-refractivity contribution in [1.29, 1.82) is 0 Å². The molecule has 3 aromatic rings. The van der Waals surface area contributed by atoms with Crippen molar-refractivity contribution in [3.05, 3.63) is 76.7 Å². The zero-order valence-corrected chi connectivity index (χ0v) is 11.2. The Bertz CT molecular complexity index is 804. The third kappa shape index (κ3) is 2.02. The van der Waals surface area contributed by atoms with Gasteiger partial charge in [0.25, 0.3) is 5.56 Å². The van der Waals surface area contributed by atoms with Crippen LogP contribution in [0.25, 0.3) is 16.6 Å². The van der Waals surface area contributed by atoms with Crippen molar-refractivity contribution in [3.8, 4) is 11.1 Å². The van der Waals surface area contributed by atoms with E-state index in [-0.39, 0.29) is 5.56 Å². The highest BCUT2D eigenvalue weighted by Gasteiger charge is 2.15. The van der Waals surface area contributed by atoms with Crippen molar-refractivity contribution >= 4 is 5.52 Å². The third-order valence-electron chi connectivity index (χ3n) is 3.43. The Kier molecular flexibility index (Phi) is 3.12. The number of hydrogen-bond donors (Lipinski definition) is 1. The van der Waals surface area contributed by atoms with Crippen molar-refractivity contribution < 1.29 is 5.11 Å². The summed E-state index contributed by atoms with van der Waals surface area (Å²) in [6.07, 6.45) is 1.05. The SMILES string of the molecule is CC(O)c1cc2ccccn2c(=O)c1-c1ccccc1. The van der Waals surface area contributed by atoms with Gasteiger partial charge in [-0.2, -0.15) is 0 Å². The van der Waals surface area contributed by atoms with E-state index in [0.717, 1.165) is 11.1 Å². The number of benzene rings is 1. The molecule has 0 spiro atoms. The van der Waals surface area contributed by atoms with Gasteiger partial charge in [0, 0.05) is 11.7 Å². The van der Waals surface area contributed by atoms with Crippen LogP contribution in [0.1, 0.15) is 18.6 Å². The largest absolute Gasteiger partial charge is 0.389 e. The van der Waals surface area contributed by atoms with Crippen molar-refractivity contribution in [2.75, 3.05) is 0 Å². The minimum atomic E-state index is -0.692. The zero-order valence-electron chi connectivity index (χ0n) is 11.2. The van der Waals surface area contributed by atoms with Gasteiger partial charge in [-0.25, -0.2) is 0 Å². The van der Waals surface area contributed by atoms with Crippen LogP contribution in [0.5, 0.6) is 0 Å². The number of pyridine rings is 2. The summed E-state index contributed by atoms with van der Waals surface area (Å²) in [4.78, 5) is 12.7. The summed E-state index contributed by atoms with van der Waals surface area (Å²) in [6.45, 7) is 1.68. The van der Waals surface area contributed by atoms with Gasteiger partial charge in [0.1, 0.15) is 0 Å². The van der Waals surface area contributed by atoms with E-state index >= 15 is 0 Å². The molecule has 0 aliphatic carbocycles. The summed E-state index contributed by atoms with van der Waals surface area (Å²) in [5.74, 6) is 0. The second-order valence-corrected chi connectivity index (χ2v) is 4.82. The molecule has 0 saturated heterocycles. The molecule has 1 aromatic carbocycles. The third-order valence-corrected chi connectivity index (χ3v) is 3.43. The van der Waals surface area contributed by atoms with Crippen LogP contribution in [0.15, 0.2) is 65.6 Å². The van der Waals surface area contributed by atoms with Gasteiger partial charge < -0.3 is 5.11 Å². The second kappa shape index (κ2) is 4.94. The lowest BCUT2D eigenvalue weighted by Crippen LogP contribution is -2.18. The molecule has 3 heteroatoms. The monoisotopic (exact) mass is 265 g/mol. The molecular formula is C17H15NO2. The molecule has 1 unspecified atom stereocenters. The number of rotatable bonds is 2. The lowest BCUT2D eigenvalue weighted by atomic mass is 9.98. The number of nitrogens with zero attached hydrogens (tertiary/aromatic N) is 1. The minimum absolute atomic E-state index is 0.106. The normalized spacial score (nSPS) is 12.5. The molecule has 0 aliphatic rings. The fourth-order valence-electron chi connectivity index (χ4n) is 2.46. The highest BCUT2D eigenvalue weighted by atomic mass is 16.3. The molecule has 3 nitrogen and oxygen atoms in total. The predicted octanol–water partition coefficient (Wildman–Crippen LogP) is 3.02. The van der Waals surface area contributed by atoms with Crippen LogP contribution in [0, 0.1) is 0 Å². The molecule has 0 radical (unpaired) electrons. The first-order valence-electron chi connectivity index (χ1n) is 6.56. The van der Waals surface area contributed by atoms with Crippen LogP contribution in [0.3, 0.4) is 0 Å². The fourth-order valence-corrected chi connectivity index (χ4v) is 2.46. The Morgan fingerprint density at radius 3 is 2.45 bits per heavy atom. The number of hydrogen-bond acceptors (Lipinski definition) is 2. The Balaban J connectivity index is 2.43. The molecule has 0 saturated carbocycles. The van der Waals surface area contributed by atoms with E-state index in [2.05, 4.69) is 0 Å². The summed E-state index contributed by atoms with van der Waals surface area (Å²) in [5, 5.41) is 10.0. The van der Waals surface area contributed by atoms with Gasteiger partial charge in [-0.3, -0.25) is 9.20 Å². The molecule has 1 N–H and O–H groups in total. The molecule has 0 amide bonds. The number of aliphatic hydroxyl groups is 1. The van der Waals surface area contributed by atoms with E-state index in [1.807, 2.05) is 54.6 Å². The number of fused-ring (bicyclic) bond motifs is 1. The molecule has 0 bridgehead atoms. The zero-order chi connectivity index (χ0) is 14.1. The molecule has 2 aromatic heterocycles. The van der Waals surface area contributed by atoms with Crippen LogP contribution in [0.2, 0.25) is 0 Å². The Hall–Kier alpha value is -2.39. The molecule has 20 heavy (non-hydrogen) atoms. The maximum absolute atomic E-state index is 12.7. The number of aromatic nitrogens is 1. The lowest BCUT2D eigenvalue weighted by Gasteiger charge is -2.14. The van der Waals surface area contributed by atoms with Crippen molar-refractivity contribution in [1.82, 2.24) is 4.40 Å². The predicted molar refractivity (Wildman–Crippen MR) is 79.7 cm³/mol. The van der Waals surface area contributed by atoms with Gasteiger partial charge in [0.05, 0.1) is 11.7 Å². The van der Waals surface area contributed by atoms with Crippen LogP contribution >= 0.6 is 0 Å². The average Bonchev–Trinajstić information content (AvgIpc) is 2.48. The van der Waals surface area contributed by atoms with E-state index in [1.54, 1.807) is 17.5 Å². The van der Waals surface area contributed by atoms with E-state index in [0.29, 0.717) is 11.1 Å². The van der Waals surface area contributed by atoms with Crippen LogP contribution in [-0.4, -0.2) is 9.51 Å². The lowest BCUT2D eigenvalue weighted by molar-refractivity contribution is 0.200. The first-order valence-corrected chi connectivity index (χ1v) is 6.56. The number of aliphatic hydroxyl groups excluding tert-OH is 1. The average molecular weight is 265 g/mol. The van der Waals surface area contributed by atoms with E-state index in [4.69, 9.17) is 0 Å². The Morgan fingerprint density at radius 2 is 1.75 bits per heavy atom. The summed E-state index contributed by atoms with van der Waals surface area (Å²) >= 11 is 0. The summed E-state index contributed by atoms with van der Waals surface area (Å²) in [7, 11) is 0. The second-order valence-electron chi connectivity index (χ2n) is 4.82. The van der Waals surface area contributed by atoms with Gasteiger partial charge in [-0.05, 0) is 36.2 Å². The van der Waals surface area contributed by atoms with E-state index in [1.165, 1.54) is 0 Å². The summed E-state index contributed by atoms with van der Waals surface area (Å²) < 4.78 is 1.61. The molecule has 2 heterocycles. The molecule has 100 valence electrons. The van der Waals surface area contributed by atoms with Crippen molar-refractivity contribution in [2.24, 2.45) is 0 Å². The minimum Gasteiger partial charge on any atom is -0.389 e. The van der Waals surface area contributed by atoms with Crippen LogP contribution < -0.4 is 5.56 Å². The molecule has 1 atom stereocenters. The quantitative estimate of drug-likeness (QED) is 0.774. The van der Waals surface area contributed by atoms with Gasteiger partial charge >= 0.3 is 0 Å². The highest BCUT2D eigenvalue weighted by molar-refractivity contribution is 5.70. The topological polar surface area (TPSA) is 41.7 Å². The van der Waals surface area contributed by atoms with Crippen LogP contribution in [0.4, 0.5) is 0 Å². The highest BCUT2D eigenvalue weighted by Crippen LogP contribution is 2.26. The van der Waals surface area contributed by atoms with Gasteiger partial charge in [0.2, 0.25) is 0 Å². The Morgan fingerprint density at radius 1 is 1.05 bits per heavy atom. The van der Waals surface area contributed by atoms with Gasteiger partial charge in [-0.1, -0.05) is 36.4 Å². The van der Waals surface area contributed by atoms with Crippen molar-refractivity contribution in [3.63, 3.8) is 0 Å². The molecule has 0 aliphatic heterocycles. The van der Waals surface area contributed by atoms with Crippen molar-refractivity contribution in [2.45, 2.75) is 13.0 Å². The Labute approximate surface area is 116 Å². The summed E-state index contributed by atoms with van der Waals surface area (Å²) in [5.41, 5.74) is 2.72. The first-order chi connectivity index (χ1) is 9.68. The molecule has 3 rings (SSSR count). The van der Waals surface area contributed by atoms with Crippen LogP contribution in [-0.2, 0) is 0 Å². The fraction of sp³-hybridized carbons (Fsp3) is 0.118. The standard InChI is InChI=1S/C17H15NO2/c1-12(19)15-11-14-9-5-6-10-18(14)17(20)16(15)13-7-3-2-4-8-13/h2-12,19H,1H3. The summed E-state index contributed by atoms with van der Waals surface area (Å²) in [6, 6.07) is 16.9. The maximum atomic E-state index is 12.7. The van der Waals surface area contributed by atoms with Gasteiger partial charge in [0.15, 0.2) is 0 Å². The molecular weight excluding hydrogens is 250 g/mol. The van der Waals surface area contributed by atoms with Gasteiger partial charge in [-0.15, -0.1) is 0 Å². The van der Waals surface area contributed by atoms with E-state index in [9.17, 15) is 9.90 Å². The maximum Gasteiger partial charge on any atom is 0.263 e. The van der Waals surface area contributed by atoms with E-state index < -0.39 is 6.10 Å². The smallest absolute Gasteiger partial charge is 0.263 e. The molecule has 0 fully saturated rings.